The first-order chi connectivity index (χ1) is 15.1. The van der Waals surface area contributed by atoms with E-state index in [0.717, 1.165) is 51.6 Å². The van der Waals surface area contributed by atoms with Crippen LogP contribution >= 0.6 is 0 Å². The number of nitrogens with one attached hydrogen (secondary N) is 1. The third kappa shape index (κ3) is 4.04. The number of hydrogen-bond donors (Lipinski definition) is 1. The van der Waals surface area contributed by atoms with Gasteiger partial charge in [0.15, 0.2) is 0 Å². The molecule has 1 aromatic rings. The molecule has 1 saturated carbocycles. The molecule has 3 saturated heterocycles. The Morgan fingerprint density at radius 1 is 0.903 bits per heavy atom. The van der Waals surface area contributed by atoms with Crippen LogP contribution in [0.3, 0.4) is 0 Å². The molecule has 0 spiro atoms. The van der Waals surface area contributed by atoms with Crippen LogP contribution in [0.2, 0.25) is 0 Å². The first-order valence-corrected chi connectivity index (χ1v) is 12.0. The minimum Gasteiger partial charge on any atom is -0.338 e. The summed E-state index contributed by atoms with van der Waals surface area (Å²) < 4.78 is 14.0. The van der Waals surface area contributed by atoms with Gasteiger partial charge in [0.2, 0.25) is 0 Å². The fourth-order valence-electron chi connectivity index (χ4n) is 6.20. The predicted octanol–water partition coefficient (Wildman–Crippen LogP) is 3.23. The van der Waals surface area contributed by atoms with Crippen LogP contribution in [-0.4, -0.2) is 77.0 Å². The van der Waals surface area contributed by atoms with Crippen LogP contribution < -0.4 is 5.32 Å². The molecule has 7 heteroatoms. The van der Waals surface area contributed by atoms with Gasteiger partial charge in [-0.3, -0.25) is 4.79 Å². The van der Waals surface area contributed by atoms with E-state index in [1.807, 2.05) is 0 Å². The summed E-state index contributed by atoms with van der Waals surface area (Å²) in [5, 5.41) is 3.22. The van der Waals surface area contributed by atoms with Crippen molar-refractivity contribution in [2.75, 3.05) is 26.2 Å². The second kappa shape index (κ2) is 8.77. The molecule has 3 aliphatic heterocycles. The largest absolute Gasteiger partial charge is 0.338 e. The number of halogens is 1. The van der Waals surface area contributed by atoms with Crippen molar-refractivity contribution in [1.82, 2.24) is 20.0 Å². The molecule has 6 nitrogen and oxygen atoms in total. The van der Waals surface area contributed by atoms with Gasteiger partial charge >= 0.3 is 6.03 Å². The van der Waals surface area contributed by atoms with E-state index in [1.54, 1.807) is 23.1 Å². The molecule has 4 fully saturated rings. The lowest BCUT2D eigenvalue weighted by atomic mass is 9.89. The van der Waals surface area contributed by atoms with Gasteiger partial charge in [-0.25, -0.2) is 9.18 Å². The van der Waals surface area contributed by atoms with E-state index in [1.165, 1.54) is 18.9 Å². The van der Waals surface area contributed by atoms with E-state index in [9.17, 15) is 14.0 Å². The monoisotopic (exact) mass is 428 g/mol. The molecule has 1 aromatic carbocycles. The maximum atomic E-state index is 14.0. The first-order valence-electron chi connectivity index (χ1n) is 12.0. The van der Waals surface area contributed by atoms with Crippen molar-refractivity contribution in [2.24, 2.45) is 0 Å². The number of carbonyl (C=O) groups excluding carboxylic acids is 2. The second-order valence-corrected chi connectivity index (χ2v) is 9.59. The Kier molecular flexibility index (Phi) is 5.87. The average Bonchev–Trinajstić information content (AvgIpc) is 3.15. The lowest BCUT2D eigenvalue weighted by Crippen LogP contribution is -2.53. The highest BCUT2D eigenvalue weighted by molar-refractivity contribution is 5.94. The zero-order valence-corrected chi connectivity index (χ0v) is 18.1. The number of piperidine rings is 2. The number of likely N-dealkylation sites (tertiary alicyclic amines) is 2. The van der Waals surface area contributed by atoms with Crippen LogP contribution in [0.1, 0.15) is 61.7 Å². The van der Waals surface area contributed by atoms with E-state index in [4.69, 9.17) is 0 Å². The molecule has 0 aromatic heterocycles. The summed E-state index contributed by atoms with van der Waals surface area (Å²) >= 11 is 0. The molecule has 1 aliphatic carbocycles. The number of fused-ring (bicyclic) bond motifs is 1. The highest BCUT2D eigenvalue weighted by Gasteiger charge is 2.44. The van der Waals surface area contributed by atoms with E-state index in [0.29, 0.717) is 37.3 Å². The molecule has 31 heavy (non-hydrogen) atoms. The van der Waals surface area contributed by atoms with Crippen molar-refractivity contribution in [3.8, 4) is 0 Å². The maximum absolute atomic E-state index is 14.0. The summed E-state index contributed by atoms with van der Waals surface area (Å²) in [5.41, 5.74) is 0.173. The van der Waals surface area contributed by atoms with Crippen LogP contribution in [0.15, 0.2) is 24.3 Å². The summed E-state index contributed by atoms with van der Waals surface area (Å²) in [6.45, 7) is 3.38. The van der Waals surface area contributed by atoms with Gasteiger partial charge in [-0.1, -0.05) is 25.0 Å². The van der Waals surface area contributed by atoms with Gasteiger partial charge in [0.1, 0.15) is 5.82 Å². The summed E-state index contributed by atoms with van der Waals surface area (Å²) in [6, 6.07) is 7.97. The van der Waals surface area contributed by atoms with Crippen molar-refractivity contribution in [2.45, 2.75) is 75.5 Å². The number of carbonyl (C=O) groups is 2. The van der Waals surface area contributed by atoms with Crippen molar-refractivity contribution < 1.29 is 14.0 Å². The SMILES string of the molecule is O=C(c1ccccc1F)N1CCC(N2CCC(N3C(=O)N[C@H]4CCCC[C@@H]43)CC2)CC1. The van der Waals surface area contributed by atoms with Crippen LogP contribution in [0.25, 0.3) is 0 Å². The van der Waals surface area contributed by atoms with E-state index >= 15 is 0 Å². The minimum atomic E-state index is -0.442. The second-order valence-electron chi connectivity index (χ2n) is 9.59. The van der Waals surface area contributed by atoms with Gasteiger partial charge in [-0.15, -0.1) is 0 Å². The van der Waals surface area contributed by atoms with Crippen LogP contribution in [0, 0.1) is 5.82 Å². The highest BCUT2D eigenvalue weighted by Crippen LogP contribution is 2.33. The molecule has 2 atom stereocenters. The van der Waals surface area contributed by atoms with Crippen molar-refractivity contribution in [1.29, 1.82) is 0 Å². The average molecular weight is 429 g/mol. The van der Waals surface area contributed by atoms with Gasteiger partial charge in [-0.2, -0.15) is 0 Å². The number of benzene rings is 1. The Bertz CT molecular complexity index is 818. The Labute approximate surface area is 183 Å². The first kappa shape index (κ1) is 20.7. The number of nitrogens with zero attached hydrogens (tertiary/aromatic N) is 3. The Morgan fingerprint density at radius 3 is 2.32 bits per heavy atom. The van der Waals surface area contributed by atoms with E-state index in [2.05, 4.69) is 15.1 Å². The molecular formula is C24H33FN4O2. The maximum Gasteiger partial charge on any atom is 0.318 e. The minimum absolute atomic E-state index is 0.148. The summed E-state index contributed by atoms with van der Waals surface area (Å²) in [5.74, 6) is -0.639. The van der Waals surface area contributed by atoms with Crippen molar-refractivity contribution >= 4 is 11.9 Å². The molecule has 0 unspecified atom stereocenters. The Balaban J connectivity index is 1.13. The number of urea groups is 1. The molecule has 0 radical (unpaired) electrons. The van der Waals surface area contributed by atoms with Gasteiger partial charge in [0.25, 0.3) is 5.91 Å². The lowest BCUT2D eigenvalue weighted by Gasteiger charge is -2.44. The molecule has 3 heterocycles. The standard InChI is InChI=1S/C24H33FN4O2/c25-20-6-2-1-5-19(20)23(30)28-15-9-17(10-16-28)27-13-11-18(12-14-27)29-22-8-4-3-7-21(22)26-24(29)31/h1-2,5-6,17-18,21-22H,3-4,7-16H2,(H,26,31)/t21-,22-/m0/s1. The number of rotatable bonds is 3. The van der Waals surface area contributed by atoms with Crippen LogP contribution in [-0.2, 0) is 0 Å². The van der Waals surface area contributed by atoms with Crippen LogP contribution in [0.4, 0.5) is 9.18 Å². The molecule has 168 valence electrons. The molecule has 1 N–H and O–H groups in total. The zero-order chi connectivity index (χ0) is 21.4. The normalized spacial score (nSPS) is 28.5. The highest BCUT2D eigenvalue weighted by atomic mass is 19.1. The third-order valence-electron chi connectivity index (χ3n) is 7.89. The van der Waals surface area contributed by atoms with Gasteiger partial charge in [0.05, 0.1) is 17.6 Å². The predicted molar refractivity (Wildman–Crippen MR) is 116 cm³/mol. The quantitative estimate of drug-likeness (QED) is 0.804. The fourth-order valence-corrected chi connectivity index (χ4v) is 6.20. The third-order valence-corrected chi connectivity index (χ3v) is 7.89. The lowest BCUT2D eigenvalue weighted by molar-refractivity contribution is 0.0469. The molecule has 0 bridgehead atoms. The zero-order valence-electron chi connectivity index (χ0n) is 18.1. The molecule has 4 aliphatic rings. The smallest absolute Gasteiger partial charge is 0.318 e. The van der Waals surface area contributed by atoms with Crippen LogP contribution in [0.5, 0.6) is 0 Å². The van der Waals surface area contributed by atoms with Gasteiger partial charge < -0.3 is 20.0 Å². The summed E-state index contributed by atoms with van der Waals surface area (Å²) in [7, 11) is 0. The van der Waals surface area contributed by atoms with E-state index < -0.39 is 5.82 Å². The topological polar surface area (TPSA) is 55.9 Å². The van der Waals surface area contributed by atoms with Gasteiger partial charge in [-0.05, 0) is 50.7 Å². The van der Waals surface area contributed by atoms with Crippen molar-refractivity contribution in [3.63, 3.8) is 0 Å². The summed E-state index contributed by atoms with van der Waals surface area (Å²) in [4.78, 5) is 31.8. The van der Waals surface area contributed by atoms with Gasteiger partial charge in [0, 0.05) is 38.3 Å². The Hall–Kier alpha value is -2.15. The molecule has 5 rings (SSSR count). The van der Waals surface area contributed by atoms with Crippen molar-refractivity contribution in [3.05, 3.63) is 35.6 Å². The number of hydrogen-bond acceptors (Lipinski definition) is 3. The summed E-state index contributed by atoms with van der Waals surface area (Å²) in [6.07, 6.45) is 8.64. The fraction of sp³-hybridized carbons (Fsp3) is 0.667. The molecule has 3 amide bonds. The Morgan fingerprint density at radius 2 is 1.58 bits per heavy atom. The van der Waals surface area contributed by atoms with E-state index in [-0.39, 0.29) is 17.5 Å². The molecular weight excluding hydrogens is 395 g/mol. The number of amides is 3.